The number of nitrogens with zero attached hydrogens (tertiary/aromatic N) is 6. The Balaban J connectivity index is 1.13. The molecule has 1 aromatic carbocycles. The predicted molar refractivity (Wildman–Crippen MR) is 172 cm³/mol. The minimum atomic E-state index is -0.583. The van der Waals surface area contributed by atoms with Gasteiger partial charge in [0.1, 0.15) is 30.3 Å². The molecule has 14 heteroatoms. The van der Waals surface area contributed by atoms with Gasteiger partial charge in [0.25, 0.3) is 5.56 Å². The van der Waals surface area contributed by atoms with Crippen molar-refractivity contribution in [3.8, 4) is 22.6 Å². The van der Waals surface area contributed by atoms with E-state index < -0.39 is 6.09 Å². The first-order valence-electron chi connectivity index (χ1n) is 15.1. The molecule has 2 aliphatic heterocycles. The number of H-pyrrole nitrogens is 1. The molecule has 3 aromatic heterocycles. The van der Waals surface area contributed by atoms with Gasteiger partial charge in [-0.3, -0.25) is 30.1 Å². The van der Waals surface area contributed by atoms with Crippen LogP contribution in [-0.4, -0.2) is 63.3 Å². The van der Waals surface area contributed by atoms with Crippen LogP contribution in [0.1, 0.15) is 41.8 Å². The summed E-state index contributed by atoms with van der Waals surface area (Å²) in [6.07, 6.45) is 6.85. The van der Waals surface area contributed by atoms with Gasteiger partial charge in [-0.15, -0.1) is 0 Å². The average Bonchev–Trinajstić information content (AvgIpc) is 3.40. The van der Waals surface area contributed by atoms with E-state index in [0.29, 0.717) is 53.9 Å². The Hall–Kier alpha value is -5.34. The molecule has 2 atom stereocenters. The van der Waals surface area contributed by atoms with Crippen LogP contribution in [0.15, 0.2) is 64.3 Å². The summed E-state index contributed by atoms with van der Waals surface area (Å²) in [5.41, 5.74) is 13.6. The largest absolute Gasteiger partial charge is 0.447 e. The van der Waals surface area contributed by atoms with Gasteiger partial charge in [0.15, 0.2) is 0 Å². The van der Waals surface area contributed by atoms with E-state index in [1.54, 1.807) is 35.3 Å². The predicted octanol–water partition coefficient (Wildman–Crippen LogP) is 3.56. The molecule has 0 bridgehead atoms. The van der Waals surface area contributed by atoms with Gasteiger partial charge in [0.2, 0.25) is 0 Å². The lowest BCUT2D eigenvalue weighted by Gasteiger charge is -2.24. The normalized spacial score (nSPS) is 18.2. The summed E-state index contributed by atoms with van der Waals surface area (Å²) < 4.78 is 11.7. The van der Waals surface area contributed by atoms with Crippen molar-refractivity contribution in [3.05, 3.63) is 87.6 Å². The Morgan fingerprint density at radius 1 is 1.11 bits per heavy atom. The number of rotatable bonds is 8. The van der Waals surface area contributed by atoms with Gasteiger partial charge in [-0.05, 0) is 56.5 Å². The number of imidazole rings is 1. The number of nitrogens with one attached hydrogen (secondary N) is 4. The molecule has 1 saturated carbocycles. The molecule has 236 valence electrons. The van der Waals surface area contributed by atoms with Crippen molar-refractivity contribution in [2.45, 2.75) is 45.2 Å². The molecule has 3 aliphatic rings. The minimum Gasteiger partial charge on any atom is -0.447 e. The van der Waals surface area contributed by atoms with E-state index in [1.807, 2.05) is 43.3 Å². The molecule has 0 spiro atoms. The maximum atomic E-state index is 13.7. The Bertz CT molecular complexity index is 1910. The summed E-state index contributed by atoms with van der Waals surface area (Å²) in [4.78, 5) is 43.4. The van der Waals surface area contributed by atoms with Gasteiger partial charge in [-0.1, -0.05) is 11.6 Å². The average molecular weight is 623 g/mol. The molecule has 4 aromatic rings. The second-order valence-electron chi connectivity index (χ2n) is 11.5. The first-order valence-corrected chi connectivity index (χ1v) is 15.1. The highest BCUT2D eigenvalue weighted by Gasteiger charge is 2.33. The van der Waals surface area contributed by atoms with Crippen LogP contribution in [0.5, 0.6) is 0 Å². The summed E-state index contributed by atoms with van der Waals surface area (Å²) in [5.74, 6) is 1.39. The fourth-order valence-corrected chi connectivity index (χ4v) is 5.79. The highest BCUT2D eigenvalue weighted by atomic mass is 16.6. The van der Waals surface area contributed by atoms with Gasteiger partial charge in [-0.25, -0.2) is 20.2 Å². The zero-order valence-electron chi connectivity index (χ0n) is 25.7. The summed E-state index contributed by atoms with van der Waals surface area (Å²) in [6, 6.07) is 11.2. The number of carbonyl (C=O) groups excluding carboxylic acids is 1. The lowest BCUT2D eigenvalue weighted by atomic mass is 10.1. The van der Waals surface area contributed by atoms with E-state index >= 15 is 0 Å². The van der Waals surface area contributed by atoms with Crippen LogP contribution in [0.4, 0.5) is 16.2 Å². The number of fused-ring (bicyclic) bond motifs is 2. The number of hydrazine groups is 1. The molecule has 46 heavy (non-hydrogen) atoms. The van der Waals surface area contributed by atoms with E-state index in [-0.39, 0.29) is 24.2 Å². The molecule has 14 nitrogen and oxygen atoms in total. The summed E-state index contributed by atoms with van der Waals surface area (Å²) >= 11 is 0. The van der Waals surface area contributed by atoms with Crippen molar-refractivity contribution in [2.24, 2.45) is 5.10 Å². The van der Waals surface area contributed by atoms with E-state index in [9.17, 15) is 9.59 Å². The zero-order chi connectivity index (χ0) is 31.8. The second-order valence-corrected chi connectivity index (χ2v) is 11.5. The number of benzene rings is 1. The number of aromatic amines is 1. The van der Waals surface area contributed by atoms with Crippen molar-refractivity contribution < 1.29 is 14.3 Å². The number of methoxy groups -OCH3 is 1. The molecule has 0 saturated heterocycles. The Kier molecular flexibility index (Phi) is 7.80. The topological polar surface area (TPSA) is 164 Å². The van der Waals surface area contributed by atoms with E-state index in [0.717, 1.165) is 28.9 Å². The fraction of sp³-hybridized carbons (Fsp3) is 0.312. The molecule has 4 N–H and O–H groups in total. The molecule has 1 amide bonds. The number of pyridine rings is 1. The van der Waals surface area contributed by atoms with Crippen LogP contribution >= 0.6 is 0 Å². The first-order chi connectivity index (χ1) is 22.4. The number of anilines is 2. The standard InChI is InChI=1S/C32H34N10O4/c1-18-4-7-26(41-17-35-34-15-20-13-24(20)40-41)22(12-18)25-14-29(43)42-27(8-9-28(42)38-25)31-36-19(2)30(39-31)23-6-5-21(16-33-23)37-32(44)46-11-10-45-3/h4-7,12,14-17,24,27,34,40H,8-11,13H2,1-3H3,(H,36,39)(H,37,44)/t24?,27-/m0/s1. The lowest BCUT2D eigenvalue weighted by molar-refractivity contribution is 0.107. The quantitative estimate of drug-likeness (QED) is 0.214. The van der Waals surface area contributed by atoms with Gasteiger partial charge in [0, 0.05) is 37.1 Å². The van der Waals surface area contributed by atoms with E-state index in [2.05, 4.69) is 31.2 Å². The number of hydrogen-bond donors (Lipinski definition) is 4. The number of hydrazone groups is 1. The van der Waals surface area contributed by atoms with Crippen LogP contribution in [0, 0.1) is 13.8 Å². The van der Waals surface area contributed by atoms with Crippen molar-refractivity contribution in [1.29, 1.82) is 0 Å². The summed E-state index contributed by atoms with van der Waals surface area (Å²) in [7, 11) is 1.54. The number of hydrogen-bond acceptors (Lipinski definition) is 11. The molecule has 1 aliphatic carbocycles. The van der Waals surface area contributed by atoms with Crippen LogP contribution in [0.3, 0.4) is 0 Å². The van der Waals surface area contributed by atoms with Gasteiger partial charge < -0.3 is 14.5 Å². The maximum absolute atomic E-state index is 13.7. The smallest absolute Gasteiger partial charge is 0.411 e. The Morgan fingerprint density at radius 3 is 2.83 bits per heavy atom. The minimum absolute atomic E-state index is 0.139. The highest BCUT2D eigenvalue weighted by Crippen LogP contribution is 2.36. The van der Waals surface area contributed by atoms with Crippen molar-refractivity contribution >= 4 is 23.8 Å². The maximum Gasteiger partial charge on any atom is 0.411 e. The van der Waals surface area contributed by atoms with E-state index in [4.69, 9.17) is 19.4 Å². The first kappa shape index (κ1) is 29.4. The van der Waals surface area contributed by atoms with Crippen molar-refractivity contribution in [1.82, 2.24) is 35.4 Å². The lowest BCUT2D eigenvalue weighted by Crippen LogP contribution is -2.40. The second kappa shape index (κ2) is 12.2. The fourth-order valence-electron chi connectivity index (χ4n) is 5.79. The Labute approximate surface area is 264 Å². The third-order valence-electron chi connectivity index (χ3n) is 8.18. The molecular formula is C32H34N10O4. The monoisotopic (exact) mass is 622 g/mol. The number of ether oxygens (including phenoxy) is 2. The third-order valence-corrected chi connectivity index (χ3v) is 8.18. The number of aryl methyl sites for hydroxylation is 3. The number of carbonyl (C=O) groups is 1. The van der Waals surface area contributed by atoms with Crippen molar-refractivity contribution in [3.63, 3.8) is 0 Å². The molecule has 1 unspecified atom stereocenters. The number of amides is 1. The third kappa shape index (κ3) is 5.87. The van der Waals surface area contributed by atoms with E-state index in [1.165, 1.54) is 12.7 Å². The van der Waals surface area contributed by atoms with Crippen LogP contribution in [-0.2, 0) is 15.9 Å². The molecule has 7 rings (SSSR count). The van der Waals surface area contributed by atoms with Gasteiger partial charge in [0.05, 0.1) is 47.7 Å². The summed E-state index contributed by atoms with van der Waals surface area (Å²) in [6.45, 7) is 4.42. The number of aromatic nitrogens is 5. The van der Waals surface area contributed by atoms with Crippen molar-refractivity contribution in [2.75, 3.05) is 30.6 Å². The SMILES string of the molecule is COCCOC(=O)Nc1ccc(-c2nc([C@@H]3CCc4nc(-c5cc(C)ccc5N5C=NNC=C6CC6N5)cc(=O)n43)[nH]c2C)nc1. The van der Waals surface area contributed by atoms with Gasteiger partial charge in [-0.2, -0.15) is 5.10 Å². The molecule has 5 heterocycles. The molecular weight excluding hydrogens is 588 g/mol. The summed E-state index contributed by atoms with van der Waals surface area (Å²) in [5, 5.41) is 8.82. The molecule has 0 radical (unpaired) electrons. The zero-order valence-corrected chi connectivity index (χ0v) is 25.7. The highest BCUT2D eigenvalue weighted by molar-refractivity contribution is 5.88. The van der Waals surface area contributed by atoms with Crippen LogP contribution in [0.2, 0.25) is 0 Å². The van der Waals surface area contributed by atoms with Crippen LogP contribution in [0.25, 0.3) is 22.6 Å². The van der Waals surface area contributed by atoms with Crippen LogP contribution < -0.4 is 26.7 Å². The molecule has 1 fully saturated rings. The van der Waals surface area contributed by atoms with Gasteiger partial charge >= 0.3 is 6.09 Å². The Morgan fingerprint density at radius 2 is 2.00 bits per heavy atom.